The Kier molecular flexibility index (Phi) is 5.95. The summed E-state index contributed by atoms with van der Waals surface area (Å²) in [6, 6.07) is 9.57. The lowest BCUT2D eigenvalue weighted by Gasteiger charge is -2.02. The summed E-state index contributed by atoms with van der Waals surface area (Å²) < 4.78 is -0.0999. The van der Waals surface area contributed by atoms with E-state index in [1.165, 1.54) is 11.1 Å². The summed E-state index contributed by atoms with van der Waals surface area (Å²) in [5.74, 6) is 0.584. The Labute approximate surface area is 102 Å². The summed E-state index contributed by atoms with van der Waals surface area (Å²) in [6.45, 7) is 0. The van der Waals surface area contributed by atoms with Gasteiger partial charge in [-0.05, 0) is 17.5 Å². The van der Waals surface area contributed by atoms with Crippen molar-refractivity contribution in [2.24, 2.45) is 0 Å². The Hall–Kier alpha value is 0.307. The second kappa shape index (κ2) is 6.73. The highest BCUT2D eigenvalue weighted by atomic mass is 35.5. The van der Waals surface area contributed by atoms with Crippen molar-refractivity contribution in [3.8, 4) is 0 Å². The second-order valence-corrected chi connectivity index (χ2v) is 7.91. The van der Waals surface area contributed by atoms with Crippen molar-refractivity contribution in [3.63, 3.8) is 0 Å². The van der Waals surface area contributed by atoms with Crippen molar-refractivity contribution in [3.05, 3.63) is 35.4 Å². The van der Waals surface area contributed by atoms with Gasteiger partial charge in [-0.1, -0.05) is 30.3 Å². The van der Waals surface area contributed by atoms with E-state index in [1.54, 1.807) is 0 Å². The number of hydrogen-bond acceptors (Lipinski definition) is 0. The smallest absolute Gasteiger partial charge is 0.0908 e. The third kappa shape index (κ3) is 4.69. The van der Waals surface area contributed by atoms with Gasteiger partial charge in [-0.3, -0.25) is 0 Å². The standard InChI is InChI=1S/C10H13Cl3Si/c11-7-9-3-1-8(2-4-9)5-6-14-10(12)13/h1-4,10H,5-7,14H2. The van der Waals surface area contributed by atoms with Crippen LogP contribution in [0.2, 0.25) is 6.04 Å². The first-order valence-electron chi connectivity index (χ1n) is 4.64. The summed E-state index contributed by atoms with van der Waals surface area (Å²) in [5.41, 5.74) is 2.51. The third-order valence-electron chi connectivity index (χ3n) is 2.07. The summed E-state index contributed by atoms with van der Waals surface area (Å²) in [6.07, 6.45) is 1.09. The topological polar surface area (TPSA) is 0 Å². The van der Waals surface area contributed by atoms with Crippen LogP contribution in [0.5, 0.6) is 0 Å². The van der Waals surface area contributed by atoms with Gasteiger partial charge >= 0.3 is 0 Å². The first-order chi connectivity index (χ1) is 6.72. The van der Waals surface area contributed by atoms with Crippen LogP contribution in [-0.4, -0.2) is 14.0 Å². The number of rotatable bonds is 5. The molecule has 0 aliphatic rings. The summed E-state index contributed by atoms with van der Waals surface area (Å²) in [7, 11) is -0.308. The van der Waals surface area contributed by atoms with E-state index in [0.717, 1.165) is 12.5 Å². The van der Waals surface area contributed by atoms with Crippen LogP contribution < -0.4 is 0 Å². The Morgan fingerprint density at radius 1 is 1.07 bits per heavy atom. The normalized spacial score (nSPS) is 11.7. The lowest BCUT2D eigenvalue weighted by molar-refractivity contribution is 1.12. The molecule has 1 aromatic carbocycles. The predicted octanol–water partition coefficient (Wildman–Crippen LogP) is 3.32. The molecule has 0 unspecified atom stereocenters. The van der Waals surface area contributed by atoms with Crippen molar-refractivity contribution < 1.29 is 0 Å². The van der Waals surface area contributed by atoms with E-state index in [4.69, 9.17) is 34.8 Å². The lowest BCUT2D eigenvalue weighted by atomic mass is 10.1. The fraction of sp³-hybridized carbons (Fsp3) is 0.400. The van der Waals surface area contributed by atoms with E-state index < -0.39 is 0 Å². The molecule has 1 rings (SSSR count). The molecule has 78 valence electrons. The van der Waals surface area contributed by atoms with Crippen molar-refractivity contribution in [2.45, 2.75) is 22.8 Å². The van der Waals surface area contributed by atoms with E-state index in [-0.39, 0.29) is 14.0 Å². The van der Waals surface area contributed by atoms with Crippen molar-refractivity contribution in [1.82, 2.24) is 0 Å². The molecule has 0 atom stereocenters. The number of benzene rings is 1. The molecule has 0 saturated carbocycles. The molecule has 0 N–H and O–H groups in total. The number of hydrogen-bond donors (Lipinski definition) is 0. The zero-order chi connectivity index (χ0) is 10.4. The van der Waals surface area contributed by atoms with E-state index >= 15 is 0 Å². The Balaban J connectivity index is 2.36. The average molecular weight is 268 g/mol. The quantitative estimate of drug-likeness (QED) is 0.567. The van der Waals surface area contributed by atoms with Gasteiger partial charge in [0.1, 0.15) is 0 Å². The second-order valence-electron chi connectivity index (χ2n) is 3.23. The molecule has 0 aliphatic heterocycles. The van der Waals surface area contributed by atoms with E-state index in [0.29, 0.717) is 5.88 Å². The Morgan fingerprint density at radius 3 is 2.14 bits per heavy atom. The van der Waals surface area contributed by atoms with Gasteiger partial charge in [0.25, 0.3) is 0 Å². The van der Waals surface area contributed by atoms with Crippen LogP contribution in [0.1, 0.15) is 11.1 Å². The maximum absolute atomic E-state index is 5.70. The van der Waals surface area contributed by atoms with Gasteiger partial charge in [-0.15, -0.1) is 34.8 Å². The monoisotopic (exact) mass is 266 g/mol. The SMILES string of the molecule is ClCc1ccc(CC[SiH2]C(Cl)Cl)cc1. The van der Waals surface area contributed by atoms with Gasteiger partial charge < -0.3 is 0 Å². The molecule has 0 fully saturated rings. The largest absolute Gasteiger partial charge is 0.122 e. The molecule has 1 aromatic rings. The van der Waals surface area contributed by atoms with E-state index in [2.05, 4.69) is 24.3 Å². The van der Waals surface area contributed by atoms with Gasteiger partial charge in [-0.25, -0.2) is 0 Å². The maximum Gasteiger partial charge on any atom is 0.0908 e. The van der Waals surface area contributed by atoms with E-state index in [9.17, 15) is 0 Å². The van der Waals surface area contributed by atoms with Crippen LogP contribution in [-0.2, 0) is 12.3 Å². The minimum atomic E-state index is -0.308. The fourth-order valence-electron chi connectivity index (χ4n) is 1.26. The Bertz CT molecular complexity index is 259. The highest BCUT2D eigenvalue weighted by Gasteiger charge is 2.00. The first-order valence-corrected chi connectivity index (χ1v) is 7.86. The van der Waals surface area contributed by atoms with Crippen LogP contribution in [0.25, 0.3) is 0 Å². The molecule has 0 bridgehead atoms. The van der Waals surface area contributed by atoms with Crippen molar-refractivity contribution in [2.75, 3.05) is 0 Å². The van der Waals surface area contributed by atoms with Crippen LogP contribution in [0.4, 0.5) is 0 Å². The minimum absolute atomic E-state index is 0.0999. The summed E-state index contributed by atoms with van der Waals surface area (Å²) >= 11 is 17.1. The van der Waals surface area contributed by atoms with Crippen molar-refractivity contribution >= 4 is 44.3 Å². The predicted molar refractivity (Wildman–Crippen MR) is 68.5 cm³/mol. The molecule has 0 aliphatic carbocycles. The molecular weight excluding hydrogens is 255 g/mol. The third-order valence-corrected chi connectivity index (χ3v) is 4.88. The molecule has 0 aromatic heterocycles. The summed E-state index contributed by atoms with van der Waals surface area (Å²) in [4.78, 5) is 0. The van der Waals surface area contributed by atoms with E-state index in [1.807, 2.05) is 0 Å². The Morgan fingerprint density at radius 2 is 1.64 bits per heavy atom. The first kappa shape index (κ1) is 12.4. The molecule has 4 heteroatoms. The average Bonchev–Trinajstić information content (AvgIpc) is 2.18. The highest BCUT2D eigenvalue weighted by molar-refractivity contribution is 6.68. The van der Waals surface area contributed by atoms with Crippen LogP contribution in [0.15, 0.2) is 24.3 Å². The molecular formula is C10H13Cl3Si. The number of halogens is 3. The molecule has 0 nitrogen and oxygen atoms in total. The molecule has 0 amide bonds. The van der Waals surface area contributed by atoms with Gasteiger partial charge in [0.05, 0.1) is 14.0 Å². The van der Waals surface area contributed by atoms with Crippen LogP contribution in [0, 0.1) is 0 Å². The van der Waals surface area contributed by atoms with Crippen LogP contribution >= 0.6 is 34.8 Å². The molecule has 0 radical (unpaired) electrons. The molecule has 14 heavy (non-hydrogen) atoms. The lowest BCUT2D eigenvalue weighted by Crippen LogP contribution is -2.02. The minimum Gasteiger partial charge on any atom is -0.122 e. The number of aryl methyl sites for hydroxylation is 1. The van der Waals surface area contributed by atoms with Gasteiger partial charge in [0.15, 0.2) is 0 Å². The van der Waals surface area contributed by atoms with Crippen molar-refractivity contribution in [1.29, 1.82) is 0 Å². The zero-order valence-electron chi connectivity index (χ0n) is 7.85. The van der Waals surface area contributed by atoms with Gasteiger partial charge in [0, 0.05) is 5.88 Å². The summed E-state index contributed by atoms with van der Waals surface area (Å²) in [5, 5.41) is 0. The number of alkyl halides is 3. The van der Waals surface area contributed by atoms with Crippen LogP contribution in [0.3, 0.4) is 0 Å². The highest BCUT2D eigenvalue weighted by Crippen LogP contribution is 2.10. The van der Waals surface area contributed by atoms with Gasteiger partial charge in [-0.2, -0.15) is 0 Å². The zero-order valence-corrected chi connectivity index (χ0v) is 11.5. The molecule has 0 heterocycles. The molecule has 0 saturated heterocycles. The van der Waals surface area contributed by atoms with Gasteiger partial charge in [0.2, 0.25) is 0 Å². The maximum atomic E-state index is 5.70. The fourth-order valence-corrected chi connectivity index (χ4v) is 3.28. The molecule has 0 spiro atoms.